The number of para-hydroxylation sites is 1. The molecule has 152 valence electrons. The van der Waals surface area contributed by atoms with Crippen LogP contribution in [0.1, 0.15) is 21.8 Å². The smallest absolute Gasteiger partial charge is 0.255 e. The minimum absolute atomic E-state index is 0.161. The van der Waals surface area contributed by atoms with E-state index in [0.29, 0.717) is 35.0 Å². The van der Waals surface area contributed by atoms with E-state index in [9.17, 15) is 4.79 Å². The van der Waals surface area contributed by atoms with Gasteiger partial charge in [0.25, 0.3) is 5.91 Å². The molecule has 2 aromatic carbocycles. The number of hydrogen-bond acceptors (Lipinski definition) is 6. The van der Waals surface area contributed by atoms with Gasteiger partial charge in [0.15, 0.2) is 0 Å². The molecule has 0 aliphatic heterocycles. The van der Waals surface area contributed by atoms with Gasteiger partial charge in [-0.25, -0.2) is 4.98 Å². The molecule has 0 atom stereocenters. The molecule has 0 aliphatic carbocycles. The zero-order chi connectivity index (χ0) is 20.9. The lowest BCUT2D eigenvalue weighted by Crippen LogP contribution is -2.24. The monoisotopic (exact) mass is 403 g/mol. The highest BCUT2D eigenvalue weighted by molar-refractivity contribution is 5.98. The van der Waals surface area contributed by atoms with Crippen molar-refractivity contribution in [2.24, 2.45) is 0 Å². The van der Waals surface area contributed by atoms with E-state index in [1.807, 2.05) is 54.6 Å². The molecule has 7 heteroatoms. The van der Waals surface area contributed by atoms with Gasteiger partial charge >= 0.3 is 0 Å². The van der Waals surface area contributed by atoms with Crippen molar-refractivity contribution in [1.29, 1.82) is 0 Å². The molecule has 0 saturated carbocycles. The summed E-state index contributed by atoms with van der Waals surface area (Å²) in [6.07, 6.45) is 0. The zero-order valence-electron chi connectivity index (χ0n) is 16.4. The number of amides is 1. The fourth-order valence-electron chi connectivity index (χ4n) is 3.04. The van der Waals surface area contributed by atoms with Crippen molar-refractivity contribution in [3.8, 4) is 11.5 Å². The maximum atomic E-state index is 12.5. The van der Waals surface area contributed by atoms with Gasteiger partial charge in [0.2, 0.25) is 0 Å². The molecular weight excluding hydrogens is 382 g/mol. The number of carbonyl (C=O) groups is 1. The van der Waals surface area contributed by atoms with Crippen molar-refractivity contribution in [3.05, 3.63) is 83.7 Å². The number of nitrogens with one attached hydrogen (secondary N) is 1. The SMILES string of the molecule is COCc1ccc(C(=O)NCc2cc3ccc(Oc4ccccc4)cc3o2)c(N)n1. The molecule has 3 N–H and O–H groups in total. The van der Waals surface area contributed by atoms with Crippen LogP contribution in [0.3, 0.4) is 0 Å². The number of nitrogens with two attached hydrogens (primary N) is 1. The van der Waals surface area contributed by atoms with Crippen LogP contribution >= 0.6 is 0 Å². The number of carbonyl (C=O) groups excluding carboxylic acids is 1. The maximum absolute atomic E-state index is 12.5. The fraction of sp³-hybridized carbons (Fsp3) is 0.130. The Bertz CT molecular complexity index is 1170. The number of methoxy groups -OCH3 is 1. The van der Waals surface area contributed by atoms with E-state index in [-0.39, 0.29) is 18.3 Å². The first-order valence-electron chi connectivity index (χ1n) is 9.40. The van der Waals surface area contributed by atoms with Crippen molar-refractivity contribution in [2.45, 2.75) is 13.2 Å². The van der Waals surface area contributed by atoms with Gasteiger partial charge in [-0.3, -0.25) is 4.79 Å². The second-order valence-electron chi connectivity index (χ2n) is 6.68. The highest BCUT2D eigenvalue weighted by Gasteiger charge is 2.13. The van der Waals surface area contributed by atoms with E-state index in [1.54, 1.807) is 19.2 Å². The van der Waals surface area contributed by atoms with Crippen molar-refractivity contribution in [3.63, 3.8) is 0 Å². The summed E-state index contributed by atoms with van der Waals surface area (Å²) in [7, 11) is 1.57. The average molecular weight is 403 g/mol. The molecule has 4 rings (SSSR count). The number of benzene rings is 2. The van der Waals surface area contributed by atoms with Crippen LogP contribution in [0.4, 0.5) is 5.82 Å². The Morgan fingerprint density at radius 2 is 1.90 bits per heavy atom. The van der Waals surface area contributed by atoms with E-state index < -0.39 is 0 Å². The third kappa shape index (κ3) is 4.42. The van der Waals surface area contributed by atoms with Crippen molar-refractivity contribution >= 4 is 22.7 Å². The lowest BCUT2D eigenvalue weighted by atomic mass is 10.2. The first-order chi connectivity index (χ1) is 14.6. The van der Waals surface area contributed by atoms with Crippen molar-refractivity contribution in [1.82, 2.24) is 10.3 Å². The van der Waals surface area contributed by atoms with Gasteiger partial charge in [-0.05, 0) is 42.5 Å². The number of nitrogen functional groups attached to an aromatic ring is 1. The number of pyridine rings is 1. The van der Waals surface area contributed by atoms with E-state index in [1.165, 1.54) is 0 Å². The van der Waals surface area contributed by atoms with Crippen LogP contribution < -0.4 is 15.8 Å². The van der Waals surface area contributed by atoms with Crippen LogP contribution in [-0.2, 0) is 17.9 Å². The fourth-order valence-corrected chi connectivity index (χ4v) is 3.04. The molecule has 0 spiro atoms. The predicted molar refractivity (Wildman–Crippen MR) is 113 cm³/mol. The van der Waals surface area contributed by atoms with Crippen molar-refractivity contribution in [2.75, 3.05) is 12.8 Å². The summed E-state index contributed by atoms with van der Waals surface area (Å²) in [5.74, 6) is 1.89. The average Bonchev–Trinajstić information content (AvgIpc) is 3.15. The second-order valence-corrected chi connectivity index (χ2v) is 6.68. The highest BCUT2D eigenvalue weighted by atomic mass is 16.5. The largest absolute Gasteiger partial charge is 0.459 e. The van der Waals surface area contributed by atoms with Gasteiger partial charge in [0, 0.05) is 18.6 Å². The highest BCUT2D eigenvalue weighted by Crippen LogP contribution is 2.27. The van der Waals surface area contributed by atoms with Gasteiger partial charge < -0.3 is 24.9 Å². The lowest BCUT2D eigenvalue weighted by molar-refractivity contribution is 0.0948. The third-order valence-electron chi connectivity index (χ3n) is 4.46. The molecule has 0 unspecified atom stereocenters. The Morgan fingerprint density at radius 3 is 2.67 bits per heavy atom. The predicted octanol–water partition coefficient (Wildman–Crippen LogP) is 4.28. The van der Waals surface area contributed by atoms with Crippen LogP contribution in [0.15, 0.2) is 71.1 Å². The van der Waals surface area contributed by atoms with Crippen LogP contribution in [0.25, 0.3) is 11.0 Å². The number of aromatic nitrogens is 1. The standard InChI is InChI=1S/C23H21N3O4/c1-28-14-16-8-10-20(22(24)26-16)23(27)25-13-19-11-15-7-9-18(12-21(15)30-19)29-17-5-3-2-4-6-17/h2-12H,13-14H2,1H3,(H2,24,26)(H,25,27). The number of hydrogen-bond donors (Lipinski definition) is 2. The Hall–Kier alpha value is -3.84. The summed E-state index contributed by atoms with van der Waals surface area (Å²) in [6.45, 7) is 0.558. The van der Waals surface area contributed by atoms with Crippen molar-refractivity contribution < 1.29 is 18.7 Å². The first-order valence-corrected chi connectivity index (χ1v) is 9.40. The summed E-state index contributed by atoms with van der Waals surface area (Å²) in [5, 5.41) is 3.73. The Balaban J connectivity index is 1.43. The normalized spacial score (nSPS) is 10.8. The number of anilines is 1. The minimum atomic E-state index is -0.322. The van der Waals surface area contributed by atoms with Crippen LogP contribution in [-0.4, -0.2) is 18.0 Å². The third-order valence-corrected chi connectivity index (χ3v) is 4.46. The molecule has 0 fully saturated rings. The van der Waals surface area contributed by atoms with Crippen LogP contribution in [0.2, 0.25) is 0 Å². The molecule has 0 aliphatic rings. The first kappa shape index (κ1) is 19.5. The molecule has 0 radical (unpaired) electrons. The molecule has 2 heterocycles. The number of furan rings is 1. The van der Waals surface area contributed by atoms with Crippen LogP contribution in [0, 0.1) is 0 Å². The number of rotatable bonds is 7. The molecular formula is C23H21N3O4. The maximum Gasteiger partial charge on any atom is 0.255 e. The second kappa shape index (κ2) is 8.67. The molecule has 7 nitrogen and oxygen atoms in total. The van der Waals surface area contributed by atoms with Gasteiger partial charge in [0.05, 0.1) is 24.4 Å². The molecule has 30 heavy (non-hydrogen) atoms. The molecule has 2 aromatic heterocycles. The number of nitrogens with zero attached hydrogens (tertiary/aromatic N) is 1. The van der Waals surface area contributed by atoms with E-state index >= 15 is 0 Å². The quantitative estimate of drug-likeness (QED) is 0.478. The van der Waals surface area contributed by atoms with E-state index in [0.717, 1.165) is 11.1 Å². The summed E-state index contributed by atoms with van der Waals surface area (Å²) >= 11 is 0. The lowest BCUT2D eigenvalue weighted by Gasteiger charge is -2.07. The summed E-state index contributed by atoms with van der Waals surface area (Å²) < 4.78 is 16.7. The molecule has 0 saturated heterocycles. The summed E-state index contributed by atoms with van der Waals surface area (Å²) in [4.78, 5) is 16.6. The number of fused-ring (bicyclic) bond motifs is 1. The van der Waals surface area contributed by atoms with Crippen LogP contribution in [0.5, 0.6) is 11.5 Å². The molecule has 4 aromatic rings. The Morgan fingerprint density at radius 1 is 1.07 bits per heavy atom. The summed E-state index contributed by atoms with van der Waals surface area (Å²) in [5.41, 5.74) is 7.55. The Labute approximate surface area is 173 Å². The minimum Gasteiger partial charge on any atom is -0.459 e. The number of ether oxygens (including phenoxy) is 2. The van der Waals surface area contributed by atoms with Gasteiger partial charge in [-0.15, -0.1) is 0 Å². The Kier molecular flexibility index (Phi) is 5.63. The van der Waals surface area contributed by atoms with E-state index in [4.69, 9.17) is 19.6 Å². The zero-order valence-corrected chi connectivity index (χ0v) is 16.4. The van der Waals surface area contributed by atoms with Gasteiger partial charge in [-0.1, -0.05) is 18.2 Å². The van der Waals surface area contributed by atoms with Gasteiger partial charge in [-0.2, -0.15) is 0 Å². The molecule has 1 amide bonds. The summed E-state index contributed by atoms with van der Waals surface area (Å²) in [6, 6.07) is 20.4. The molecule has 0 bridgehead atoms. The van der Waals surface area contributed by atoms with E-state index in [2.05, 4.69) is 10.3 Å². The topological polar surface area (TPSA) is 99.6 Å². The van der Waals surface area contributed by atoms with Gasteiger partial charge in [0.1, 0.15) is 28.7 Å².